The lowest BCUT2D eigenvalue weighted by Gasteiger charge is -2.49. The van der Waals surface area contributed by atoms with Crippen molar-refractivity contribution >= 4 is 28.3 Å². The Hall–Kier alpha value is -3.51. The lowest BCUT2D eigenvalue weighted by molar-refractivity contribution is -0.201. The summed E-state index contributed by atoms with van der Waals surface area (Å²) in [6.07, 6.45) is 7.37. The summed E-state index contributed by atoms with van der Waals surface area (Å²) in [6.45, 7) is 15.1. The zero-order valence-electron chi connectivity index (χ0n) is 30.4. The number of hydrogen-bond acceptors (Lipinski definition) is 13. The lowest BCUT2D eigenvalue weighted by Crippen LogP contribution is -2.58. The summed E-state index contributed by atoms with van der Waals surface area (Å²) >= 11 is 6.30. The fraction of sp³-hybridized carbons (Fsp3) is 0.579. The van der Waals surface area contributed by atoms with Crippen molar-refractivity contribution in [2.24, 2.45) is 4.99 Å². The topological polar surface area (TPSA) is 137 Å². The van der Waals surface area contributed by atoms with Gasteiger partial charge in [-0.3, -0.25) is 0 Å². The molecule has 4 atom stereocenters. The lowest BCUT2D eigenvalue weighted by atomic mass is 9.84. The molecule has 1 aromatic carbocycles. The van der Waals surface area contributed by atoms with Crippen molar-refractivity contribution in [1.82, 2.24) is 14.7 Å². The summed E-state index contributed by atoms with van der Waals surface area (Å²) in [6, 6.07) is 6.11. The molecular formula is C38H47ClN4O10. The SMILES string of the molecule is C#CCOCCOCCOCCOCCOC#Cc1ccc2c(c1)COC21CN(C(=C)c2cnn(C3OC(CO)[C@H]4OC(C)(C)O[C@@H]34)c2/N=C(\C)Cl)C1. The Kier molecular flexibility index (Phi) is 13.1. The monoisotopic (exact) mass is 754 g/mol. The van der Waals surface area contributed by atoms with Gasteiger partial charge in [-0.05, 0) is 50.0 Å². The molecule has 0 radical (unpaired) electrons. The van der Waals surface area contributed by atoms with Crippen LogP contribution in [0.4, 0.5) is 5.82 Å². The van der Waals surface area contributed by atoms with Gasteiger partial charge in [0.1, 0.15) is 48.4 Å². The zero-order valence-corrected chi connectivity index (χ0v) is 31.1. The first kappa shape index (κ1) is 39.2. The molecule has 2 aromatic rings. The Bertz CT molecular complexity index is 1720. The number of rotatable bonds is 18. The maximum atomic E-state index is 9.98. The normalized spacial score (nSPS) is 23.6. The minimum Gasteiger partial charge on any atom is -0.444 e. The number of likely N-dealkylation sites (tertiary alicyclic amines) is 1. The number of nitrogens with zero attached hydrogens (tertiary/aromatic N) is 4. The zero-order chi connectivity index (χ0) is 37.4. The van der Waals surface area contributed by atoms with Gasteiger partial charge in [-0.1, -0.05) is 30.2 Å². The second-order valence-electron chi connectivity index (χ2n) is 13.4. The van der Waals surface area contributed by atoms with E-state index in [2.05, 4.69) is 45.6 Å². The van der Waals surface area contributed by atoms with Gasteiger partial charge in [0.2, 0.25) is 0 Å². The number of aliphatic hydroxyl groups is 1. The van der Waals surface area contributed by atoms with Gasteiger partial charge in [0, 0.05) is 11.3 Å². The van der Waals surface area contributed by atoms with E-state index in [4.69, 9.17) is 60.7 Å². The molecule has 0 amide bonds. The van der Waals surface area contributed by atoms with Crippen LogP contribution in [0.15, 0.2) is 36.0 Å². The van der Waals surface area contributed by atoms with Gasteiger partial charge in [-0.25, -0.2) is 9.67 Å². The number of hydrogen-bond donors (Lipinski definition) is 1. The van der Waals surface area contributed by atoms with E-state index >= 15 is 0 Å². The number of aliphatic imine (C=N–C) groups is 1. The highest BCUT2D eigenvalue weighted by Crippen LogP contribution is 2.48. The van der Waals surface area contributed by atoms with Gasteiger partial charge in [-0.2, -0.15) is 5.10 Å². The molecule has 0 bridgehead atoms. The van der Waals surface area contributed by atoms with E-state index in [1.165, 1.54) is 0 Å². The van der Waals surface area contributed by atoms with E-state index in [1.54, 1.807) is 17.8 Å². The van der Waals surface area contributed by atoms with E-state index < -0.39 is 35.9 Å². The van der Waals surface area contributed by atoms with Crippen LogP contribution in [-0.2, 0) is 54.8 Å². The molecule has 1 N–H and O–H groups in total. The Morgan fingerprint density at radius 3 is 2.42 bits per heavy atom. The smallest absolute Gasteiger partial charge is 0.181 e. The highest BCUT2D eigenvalue weighted by atomic mass is 35.5. The number of aliphatic hydroxyl groups excluding tert-OH is 1. The Labute approximate surface area is 315 Å². The summed E-state index contributed by atoms with van der Waals surface area (Å²) < 4.78 is 53.3. The van der Waals surface area contributed by atoms with Crippen LogP contribution in [0.3, 0.4) is 0 Å². The number of benzene rings is 1. The number of terminal acetylenes is 1. The third-order valence-electron chi connectivity index (χ3n) is 9.16. The minimum absolute atomic E-state index is 0.220. The molecule has 3 fully saturated rings. The number of aromatic nitrogens is 2. The van der Waals surface area contributed by atoms with E-state index in [-0.39, 0.29) is 6.61 Å². The highest BCUT2D eigenvalue weighted by molar-refractivity contribution is 6.65. The van der Waals surface area contributed by atoms with Crippen molar-refractivity contribution < 1.29 is 47.7 Å². The number of fused-ring (bicyclic) bond motifs is 3. The van der Waals surface area contributed by atoms with E-state index in [0.717, 1.165) is 22.4 Å². The average Bonchev–Trinajstić information content (AvgIpc) is 3.86. The molecule has 1 aromatic heterocycles. The van der Waals surface area contributed by atoms with Crippen molar-refractivity contribution in [2.45, 2.75) is 63.3 Å². The molecule has 4 aliphatic rings. The predicted octanol–water partition coefficient (Wildman–Crippen LogP) is 3.32. The Morgan fingerprint density at radius 2 is 1.74 bits per heavy atom. The molecule has 15 heteroatoms. The molecule has 5 heterocycles. The molecule has 286 valence electrons. The van der Waals surface area contributed by atoms with Crippen molar-refractivity contribution in [3.8, 4) is 24.4 Å². The maximum absolute atomic E-state index is 9.98. The van der Waals surface area contributed by atoms with E-state index in [9.17, 15) is 5.11 Å². The molecule has 2 unspecified atom stereocenters. The minimum atomic E-state index is -0.829. The molecule has 0 aliphatic carbocycles. The van der Waals surface area contributed by atoms with Gasteiger partial charge in [0.25, 0.3) is 0 Å². The van der Waals surface area contributed by atoms with Gasteiger partial charge >= 0.3 is 0 Å². The summed E-state index contributed by atoms with van der Waals surface area (Å²) in [5.41, 5.74) is 4.05. The molecule has 0 saturated carbocycles. The molecule has 53 heavy (non-hydrogen) atoms. The van der Waals surface area contributed by atoms with Crippen molar-refractivity contribution in [1.29, 1.82) is 0 Å². The average molecular weight is 755 g/mol. The molecular weight excluding hydrogens is 708 g/mol. The van der Waals surface area contributed by atoms with Crippen LogP contribution in [0.5, 0.6) is 0 Å². The van der Waals surface area contributed by atoms with Crippen LogP contribution < -0.4 is 0 Å². The molecule has 3 saturated heterocycles. The first-order chi connectivity index (χ1) is 25.6. The van der Waals surface area contributed by atoms with Crippen LogP contribution in [0.1, 0.15) is 49.3 Å². The van der Waals surface area contributed by atoms with Crippen molar-refractivity contribution in [2.75, 3.05) is 79.2 Å². The predicted molar refractivity (Wildman–Crippen MR) is 194 cm³/mol. The van der Waals surface area contributed by atoms with Gasteiger partial charge in [0.15, 0.2) is 17.8 Å². The largest absolute Gasteiger partial charge is 0.444 e. The Balaban J connectivity index is 0.963. The summed E-state index contributed by atoms with van der Waals surface area (Å²) in [5, 5.41) is 14.9. The maximum Gasteiger partial charge on any atom is 0.181 e. The summed E-state index contributed by atoms with van der Waals surface area (Å²) in [5.74, 6) is 5.12. The second kappa shape index (κ2) is 17.8. The number of halogens is 1. The fourth-order valence-electron chi connectivity index (χ4n) is 6.77. The van der Waals surface area contributed by atoms with Crippen LogP contribution in [0.2, 0.25) is 0 Å². The molecule has 4 aliphatic heterocycles. The van der Waals surface area contributed by atoms with Gasteiger partial charge in [-0.15, -0.1) is 6.42 Å². The van der Waals surface area contributed by atoms with Crippen molar-refractivity contribution in [3.05, 3.63) is 53.2 Å². The van der Waals surface area contributed by atoms with Crippen LogP contribution in [-0.4, -0.2) is 128 Å². The van der Waals surface area contributed by atoms with E-state index in [1.807, 2.05) is 26.0 Å². The van der Waals surface area contributed by atoms with Crippen LogP contribution in [0, 0.1) is 24.4 Å². The third kappa shape index (κ3) is 9.24. The summed E-state index contributed by atoms with van der Waals surface area (Å²) in [7, 11) is 0. The van der Waals surface area contributed by atoms with Crippen molar-refractivity contribution in [3.63, 3.8) is 0 Å². The molecule has 1 spiro atoms. The second-order valence-corrected chi connectivity index (χ2v) is 13.9. The molecule has 6 rings (SSSR count). The molecule has 14 nitrogen and oxygen atoms in total. The summed E-state index contributed by atoms with van der Waals surface area (Å²) in [4.78, 5) is 6.75. The first-order valence-corrected chi connectivity index (χ1v) is 18.0. The first-order valence-electron chi connectivity index (χ1n) is 17.6. The standard InChI is InChI=1S/C38H47ClN4O10/c1-6-10-45-12-14-47-16-18-49-19-17-48-15-13-46-11-9-28-7-8-31-29(20-28)23-50-38(31)24-42(25-38)26(2)30-21-40-43(35(30)41-27(3)39)36-34-33(32(22-44)51-36)52-37(4,5)53-34/h1,7-8,20-21,32-34,36,44H,2,10,12-19,22-25H2,3-5H3/b41-27+/t32?,33-,34-,36?/m1/s1. The van der Waals surface area contributed by atoms with Crippen LogP contribution >= 0.6 is 11.6 Å². The quantitative estimate of drug-likeness (QED) is 0.136. The third-order valence-corrected chi connectivity index (χ3v) is 9.24. The Morgan fingerprint density at radius 1 is 1.06 bits per heavy atom. The van der Waals surface area contributed by atoms with E-state index in [0.29, 0.717) is 95.7 Å². The highest BCUT2D eigenvalue weighted by Gasteiger charge is 2.57. The van der Waals surface area contributed by atoms with Crippen LogP contribution in [0.25, 0.3) is 5.70 Å². The van der Waals surface area contributed by atoms with Gasteiger partial charge < -0.3 is 52.6 Å². The number of ether oxygens (including phenoxy) is 9. The van der Waals surface area contributed by atoms with Gasteiger partial charge in [0.05, 0.1) is 84.3 Å². The fourth-order valence-corrected chi connectivity index (χ4v) is 6.85.